The second-order valence-corrected chi connectivity index (χ2v) is 7.03. The Bertz CT molecular complexity index is 545. The minimum absolute atomic E-state index is 0.0819. The number of aromatic amines is 1. The van der Waals surface area contributed by atoms with Crippen LogP contribution in [0.2, 0.25) is 0 Å². The monoisotopic (exact) mass is 293 g/mol. The standard InChI is InChI=1S/C15H23N3O3/c1-8-5-9(10(6-8)14(20)21)13(19)16-12-7-11(17-18-12)15(2,3)4/h7-10H,5-6H2,1-4H3,(H,20,21)(H2,16,17,18,19)/t8?,9-,10+/m0/s1. The second kappa shape index (κ2) is 5.50. The van der Waals surface area contributed by atoms with E-state index >= 15 is 0 Å². The van der Waals surface area contributed by atoms with E-state index in [1.165, 1.54) is 0 Å². The summed E-state index contributed by atoms with van der Waals surface area (Å²) in [6.07, 6.45) is 1.17. The van der Waals surface area contributed by atoms with Crippen molar-refractivity contribution in [2.45, 2.75) is 46.0 Å². The number of carboxylic acids is 1. The van der Waals surface area contributed by atoms with Crippen LogP contribution in [-0.4, -0.2) is 27.2 Å². The number of amides is 1. The highest BCUT2D eigenvalue weighted by Crippen LogP contribution is 2.37. The van der Waals surface area contributed by atoms with E-state index in [1.807, 2.05) is 27.7 Å². The van der Waals surface area contributed by atoms with Crippen LogP contribution >= 0.6 is 0 Å². The van der Waals surface area contributed by atoms with Crippen LogP contribution in [0.25, 0.3) is 0 Å². The largest absolute Gasteiger partial charge is 0.481 e. The van der Waals surface area contributed by atoms with E-state index in [0.29, 0.717) is 18.7 Å². The summed E-state index contributed by atoms with van der Waals surface area (Å²) in [4.78, 5) is 23.6. The minimum Gasteiger partial charge on any atom is -0.481 e. The predicted molar refractivity (Wildman–Crippen MR) is 78.9 cm³/mol. The van der Waals surface area contributed by atoms with Crippen molar-refractivity contribution >= 4 is 17.7 Å². The quantitative estimate of drug-likeness (QED) is 0.797. The van der Waals surface area contributed by atoms with Crippen LogP contribution in [0.4, 0.5) is 5.82 Å². The maximum Gasteiger partial charge on any atom is 0.307 e. The van der Waals surface area contributed by atoms with E-state index in [9.17, 15) is 14.7 Å². The fourth-order valence-electron chi connectivity index (χ4n) is 2.84. The summed E-state index contributed by atoms with van der Waals surface area (Å²) in [5.41, 5.74) is 0.842. The Labute approximate surface area is 124 Å². The molecule has 0 saturated heterocycles. The SMILES string of the molecule is CC1C[C@H](C(=O)Nc2cc(C(C)(C)C)[nH]n2)[C@H](C(=O)O)C1. The number of carboxylic acid groups (broad SMARTS) is 1. The summed E-state index contributed by atoms with van der Waals surface area (Å²) < 4.78 is 0. The smallest absolute Gasteiger partial charge is 0.307 e. The average molecular weight is 293 g/mol. The van der Waals surface area contributed by atoms with Crippen molar-refractivity contribution in [1.82, 2.24) is 10.2 Å². The molecule has 116 valence electrons. The third-order valence-electron chi connectivity index (χ3n) is 4.09. The zero-order chi connectivity index (χ0) is 15.8. The van der Waals surface area contributed by atoms with Gasteiger partial charge >= 0.3 is 5.97 Å². The fraction of sp³-hybridized carbons (Fsp3) is 0.667. The maximum absolute atomic E-state index is 12.3. The highest BCUT2D eigenvalue weighted by molar-refractivity contribution is 5.94. The molecule has 1 aromatic heterocycles. The summed E-state index contributed by atoms with van der Waals surface area (Å²) >= 11 is 0. The van der Waals surface area contributed by atoms with E-state index in [1.54, 1.807) is 6.07 Å². The average Bonchev–Trinajstić information content (AvgIpc) is 2.94. The predicted octanol–water partition coefficient (Wildman–Crippen LogP) is 2.39. The molecular formula is C15H23N3O3. The number of anilines is 1. The van der Waals surface area contributed by atoms with Gasteiger partial charge in [-0.05, 0) is 18.8 Å². The van der Waals surface area contributed by atoms with Gasteiger partial charge in [-0.1, -0.05) is 27.7 Å². The molecular weight excluding hydrogens is 270 g/mol. The Morgan fingerprint density at radius 3 is 2.48 bits per heavy atom. The van der Waals surface area contributed by atoms with Gasteiger partial charge in [-0.3, -0.25) is 14.7 Å². The van der Waals surface area contributed by atoms with Gasteiger partial charge in [0.1, 0.15) is 0 Å². The summed E-state index contributed by atoms with van der Waals surface area (Å²) in [6, 6.07) is 1.80. The van der Waals surface area contributed by atoms with Crippen molar-refractivity contribution in [2.24, 2.45) is 17.8 Å². The topological polar surface area (TPSA) is 95.1 Å². The molecule has 1 heterocycles. The Kier molecular flexibility index (Phi) is 4.07. The third-order valence-corrected chi connectivity index (χ3v) is 4.09. The lowest BCUT2D eigenvalue weighted by Crippen LogP contribution is -2.30. The number of nitrogens with one attached hydrogen (secondary N) is 2. The number of hydrogen-bond donors (Lipinski definition) is 3. The maximum atomic E-state index is 12.3. The van der Waals surface area contributed by atoms with E-state index < -0.39 is 17.8 Å². The minimum atomic E-state index is -0.892. The van der Waals surface area contributed by atoms with Crippen LogP contribution in [0.3, 0.4) is 0 Å². The third kappa shape index (κ3) is 3.43. The van der Waals surface area contributed by atoms with Crippen LogP contribution in [0.15, 0.2) is 6.07 Å². The van der Waals surface area contributed by atoms with E-state index in [4.69, 9.17) is 0 Å². The molecule has 0 radical (unpaired) electrons. The lowest BCUT2D eigenvalue weighted by atomic mass is 9.92. The molecule has 1 fully saturated rings. The summed E-state index contributed by atoms with van der Waals surface area (Å²) in [5.74, 6) is -1.51. The first kappa shape index (κ1) is 15.5. The van der Waals surface area contributed by atoms with Gasteiger partial charge in [-0.15, -0.1) is 0 Å². The van der Waals surface area contributed by atoms with Crippen molar-refractivity contribution < 1.29 is 14.7 Å². The van der Waals surface area contributed by atoms with E-state index in [-0.39, 0.29) is 17.2 Å². The summed E-state index contributed by atoms with van der Waals surface area (Å²) in [7, 11) is 0. The van der Waals surface area contributed by atoms with Gasteiger partial charge in [0.15, 0.2) is 5.82 Å². The molecule has 0 aromatic carbocycles. The molecule has 2 rings (SSSR count). The van der Waals surface area contributed by atoms with Gasteiger partial charge in [0.25, 0.3) is 0 Å². The molecule has 3 N–H and O–H groups in total. The Morgan fingerprint density at radius 1 is 1.33 bits per heavy atom. The molecule has 3 atom stereocenters. The zero-order valence-electron chi connectivity index (χ0n) is 12.9. The van der Waals surface area contributed by atoms with Gasteiger partial charge in [-0.2, -0.15) is 5.10 Å². The number of aromatic nitrogens is 2. The Balaban J connectivity index is 2.07. The lowest BCUT2D eigenvalue weighted by Gasteiger charge is -2.15. The summed E-state index contributed by atoms with van der Waals surface area (Å²) in [6.45, 7) is 8.12. The van der Waals surface area contributed by atoms with Crippen LogP contribution in [0.5, 0.6) is 0 Å². The number of hydrogen-bond acceptors (Lipinski definition) is 3. The van der Waals surface area contributed by atoms with Crippen LogP contribution in [0.1, 0.15) is 46.2 Å². The van der Waals surface area contributed by atoms with Gasteiger partial charge in [0, 0.05) is 17.2 Å². The first-order chi connectivity index (χ1) is 9.68. The van der Waals surface area contributed by atoms with Crippen molar-refractivity contribution in [3.05, 3.63) is 11.8 Å². The van der Waals surface area contributed by atoms with Gasteiger partial charge in [0.2, 0.25) is 5.91 Å². The van der Waals surface area contributed by atoms with Crippen LogP contribution in [-0.2, 0) is 15.0 Å². The molecule has 6 heteroatoms. The Hall–Kier alpha value is -1.85. The van der Waals surface area contributed by atoms with Crippen molar-refractivity contribution in [2.75, 3.05) is 5.32 Å². The molecule has 0 bridgehead atoms. The molecule has 0 aliphatic heterocycles. The molecule has 1 aliphatic rings. The van der Waals surface area contributed by atoms with Gasteiger partial charge < -0.3 is 10.4 Å². The molecule has 21 heavy (non-hydrogen) atoms. The molecule has 1 amide bonds. The fourth-order valence-corrected chi connectivity index (χ4v) is 2.84. The number of rotatable bonds is 3. The highest BCUT2D eigenvalue weighted by Gasteiger charge is 2.41. The zero-order valence-corrected chi connectivity index (χ0v) is 12.9. The number of carbonyl (C=O) groups is 2. The van der Waals surface area contributed by atoms with Crippen LogP contribution < -0.4 is 5.32 Å². The number of nitrogens with zero attached hydrogens (tertiary/aromatic N) is 1. The number of aliphatic carboxylic acids is 1. The molecule has 1 aliphatic carbocycles. The van der Waals surface area contributed by atoms with E-state index in [0.717, 1.165) is 5.69 Å². The van der Waals surface area contributed by atoms with Crippen molar-refractivity contribution in [1.29, 1.82) is 0 Å². The lowest BCUT2D eigenvalue weighted by molar-refractivity contribution is -0.145. The molecule has 6 nitrogen and oxygen atoms in total. The first-order valence-corrected chi connectivity index (χ1v) is 7.28. The van der Waals surface area contributed by atoms with E-state index in [2.05, 4.69) is 15.5 Å². The molecule has 1 saturated carbocycles. The first-order valence-electron chi connectivity index (χ1n) is 7.28. The highest BCUT2D eigenvalue weighted by atomic mass is 16.4. The van der Waals surface area contributed by atoms with Gasteiger partial charge in [-0.25, -0.2) is 0 Å². The number of carbonyl (C=O) groups excluding carboxylic acids is 1. The Morgan fingerprint density at radius 2 is 1.95 bits per heavy atom. The normalized spacial score (nSPS) is 25.8. The molecule has 1 aromatic rings. The summed E-state index contributed by atoms with van der Waals surface area (Å²) in [5, 5.41) is 18.9. The molecule has 1 unspecified atom stereocenters. The van der Waals surface area contributed by atoms with Crippen molar-refractivity contribution in [3.8, 4) is 0 Å². The van der Waals surface area contributed by atoms with Crippen LogP contribution in [0, 0.1) is 17.8 Å². The molecule has 0 spiro atoms. The van der Waals surface area contributed by atoms with Gasteiger partial charge in [0.05, 0.1) is 11.8 Å². The second-order valence-electron chi connectivity index (χ2n) is 7.03. The van der Waals surface area contributed by atoms with Crippen molar-refractivity contribution in [3.63, 3.8) is 0 Å². The number of H-pyrrole nitrogens is 1.